The number of hydrogen-bond donors (Lipinski definition) is 2. The minimum absolute atomic E-state index is 0.210. The maximum atomic E-state index is 5.78. The highest BCUT2D eigenvalue weighted by molar-refractivity contribution is 5.87. The highest BCUT2D eigenvalue weighted by Gasteiger charge is 2.27. The zero-order chi connectivity index (χ0) is 14.3. The van der Waals surface area contributed by atoms with Crippen molar-refractivity contribution in [3.63, 3.8) is 0 Å². The van der Waals surface area contributed by atoms with Gasteiger partial charge >= 0.3 is 0 Å². The Labute approximate surface area is 118 Å². The normalized spacial score (nSPS) is 17.9. The van der Waals surface area contributed by atoms with Crippen LogP contribution < -0.4 is 10.6 Å². The maximum absolute atomic E-state index is 5.78. The van der Waals surface area contributed by atoms with Crippen LogP contribution in [0.15, 0.2) is 6.20 Å². The lowest BCUT2D eigenvalue weighted by atomic mass is 10.0. The van der Waals surface area contributed by atoms with Gasteiger partial charge < -0.3 is 10.6 Å². The molecule has 0 saturated carbocycles. The molecule has 0 spiro atoms. The molecule has 0 radical (unpaired) electrons. The number of nitrogen functional groups attached to an aromatic ring is 1. The molecule has 0 aromatic carbocycles. The zero-order valence-corrected chi connectivity index (χ0v) is 12.2. The molecular formula is C13H21N7. The second-order valence-electron chi connectivity index (χ2n) is 6.18. The summed E-state index contributed by atoms with van der Waals surface area (Å²) in [6.07, 6.45) is 1.76. The molecule has 3 rings (SSSR count). The van der Waals surface area contributed by atoms with Crippen molar-refractivity contribution in [1.82, 2.24) is 25.1 Å². The van der Waals surface area contributed by atoms with Crippen molar-refractivity contribution in [3.05, 3.63) is 6.20 Å². The number of anilines is 2. The topological polar surface area (TPSA) is 87.0 Å². The second-order valence-corrected chi connectivity index (χ2v) is 6.18. The molecule has 20 heavy (non-hydrogen) atoms. The molecule has 0 amide bonds. The number of nitrogens with one attached hydrogen (secondary N) is 1. The van der Waals surface area contributed by atoms with Crippen LogP contribution in [0.1, 0.15) is 20.8 Å². The standard InChI is InChI=1S/C13H21N7/c1-13(2,3)20-6-4-19(5-7-20)11-9-8-15-18-10(9)16-12(14)17-11/h8H,4-7H2,1-3H3,(H3,14,15,16,17,18). The Bertz CT molecular complexity index is 605. The summed E-state index contributed by atoms with van der Waals surface area (Å²) in [7, 11) is 0. The number of rotatable bonds is 1. The summed E-state index contributed by atoms with van der Waals surface area (Å²) in [4.78, 5) is 13.3. The van der Waals surface area contributed by atoms with E-state index >= 15 is 0 Å². The van der Waals surface area contributed by atoms with Crippen LogP contribution in [-0.2, 0) is 0 Å². The average molecular weight is 275 g/mol. The Kier molecular flexibility index (Phi) is 3.01. The molecule has 1 aliphatic rings. The van der Waals surface area contributed by atoms with Crippen LogP contribution in [0.2, 0.25) is 0 Å². The van der Waals surface area contributed by atoms with Crippen LogP contribution in [0.4, 0.5) is 11.8 Å². The SMILES string of the molecule is CC(C)(C)N1CCN(c2nc(N)nc3[nH]ncc23)CC1. The lowest BCUT2D eigenvalue weighted by Crippen LogP contribution is -2.53. The molecule has 0 atom stereocenters. The number of nitrogens with two attached hydrogens (primary N) is 1. The quantitative estimate of drug-likeness (QED) is 0.802. The van der Waals surface area contributed by atoms with Crippen molar-refractivity contribution < 1.29 is 0 Å². The van der Waals surface area contributed by atoms with Gasteiger partial charge in [0.2, 0.25) is 5.95 Å². The number of piperazine rings is 1. The summed E-state index contributed by atoms with van der Waals surface area (Å²) in [6.45, 7) is 10.7. The van der Waals surface area contributed by atoms with Crippen molar-refractivity contribution in [1.29, 1.82) is 0 Å². The Hall–Kier alpha value is -1.89. The Balaban J connectivity index is 1.85. The van der Waals surface area contributed by atoms with Crippen molar-refractivity contribution in [2.75, 3.05) is 36.8 Å². The third kappa shape index (κ3) is 2.29. The maximum Gasteiger partial charge on any atom is 0.224 e. The molecule has 2 aromatic rings. The molecule has 1 saturated heterocycles. The number of aromatic nitrogens is 4. The third-order valence-corrected chi connectivity index (χ3v) is 3.83. The predicted octanol–water partition coefficient (Wildman–Crippen LogP) is 0.856. The molecule has 1 fully saturated rings. The third-order valence-electron chi connectivity index (χ3n) is 3.83. The van der Waals surface area contributed by atoms with Crippen molar-refractivity contribution in [2.45, 2.75) is 26.3 Å². The van der Waals surface area contributed by atoms with E-state index in [-0.39, 0.29) is 11.5 Å². The predicted molar refractivity (Wildman–Crippen MR) is 79.6 cm³/mol. The second kappa shape index (κ2) is 4.59. The van der Waals surface area contributed by atoms with E-state index in [1.807, 2.05) is 0 Å². The van der Waals surface area contributed by atoms with Crippen molar-refractivity contribution in [3.8, 4) is 0 Å². The monoisotopic (exact) mass is 275 g/mol. The van der Waals surface area contributed by atoms with E-state index in [9.17, 15) is 0 Å². The molecular weight excluding hydrogens is 254 g/mol. The molecule has 0 bridgehead atoms. The van der Waals surface area contributed by atoms with E-state index in [0.29, 0.717) is 5.65 Å². The van der Waals surface area contributed by atoms with Crippen LogP contribution in [0, 0.1) is 0 Å². The van der Waals surface area contributed by atoms with Crippen LogP contribution in [0.3, 0.4) is 0 Å². The fraction of sp³-hybridized carbons (Fsp3) is 0.615. The van der Waals surface area contributed by atoms with Crippen molar-refractivity contribution in [2.24, 2.45) is 0 Å². The number of H-pyrrole nitrogens is 1. The van der Waals surface area contributed by atoms with Gasteiger partial charge in [-0.15, -0.1) is 0 Å². The van der Waals surface area contributed by atoms with Crippen LogP contribution in [0.25, 0.3) is 11.0 Å². The molecule has 0 aliphatic carbocycles. The van der Waals surface area contributed by atoms with Crippen LogP contribution in [-0.4, -0.2) is 56.8 Å². The first-order valence-corrected chi connectivity index (χ1v) is 6.92. The van der Waals surface area contributed by atoms with E-state index in [4.69, 9.17) is 5.73 Å². The number of hydrogen-bond acceptors (Lipinski definition) is 6. The number of fused-ring (bicyclic) bond motifs is 1. The minimum atomic E-state index is 0.210. The van der Waals surface area contributed by atoms with Gasteiger partial charge in [0.1, 0.15) is 5.82 Å². The highest BCUT2D eigenvalue weighted by Crippen LogP contribution is 2.25. The van der Waals surface area contributed by atoms with Gasteiger partial charge in [-0.1, -0.05) is 0 Å². The Morgan fingerprint density at radius 2 is 1.85 bits per heavy atom. The van der Waals surface area contributed by atoms with Gasteiger partial charge in [0.15, 0.2) is 5.65 Å². The molecule has 3 heterocycles. The largest absolute Gasteiger partial charge is 0.368 e. The van der Waals surface area contributed by atoms with Gasteiger partial charge in [-0.2, -0.15) is 15.1 Å². The fourth-order valence-corrected chi connectivity index (χ4v) is 2.67. The lowest BCUT2D eigenvalue weighted by Gasteiger charge is -2.42. The van der Waals surface area contributed by atoms with Gasteiger partial charge in [-0.25, -0.2) is 0 Å². The average Bonchev–Trinajstić information content (AvgIpc) is 2.85. The lowest BCUT2D eigenvalue weighted by molar-refractivity contribution is 0.128. The summed E-state index contributed by atoms with van der Waals surface area (Å²) in [5, 5.41) is 7.82. The Morgan fingerprint density at radius 1 is 1.15 bits per heavy atom. The molecule has 1 aliphatic heterocycles. The highest BCUT2D eigenvalue weighted by atomic mass is 15.3. The summed E-state index contributed by atoms with van der Waals surface area (Å²) in [5.74, 6) is 1.17. The number of aromatic amines is 1. The summed E-state index contributed by atoms with van der Waals surface area (Å²) < 4.78 is 0. The molecule has 0 unspecified atom stereocenters. The first-order chi connectivity index (χ1) is 9.45. The summed E-state index contributed by atoms with van der Waals surface area (Å²) in [6, 6.07) is 0. The number of nitrogens with zero attached hydrogens (tertiary/aromatic N) is 5. The molecule has 7 heteroatoms. The van der Waals surface area contributed by atoms with Gasteiger partial charge in [-0.3, -0.25) is 10.00 Å². The molecule has 3 N–H and O–H groups in total. The summed E-state index contributed by atoms with van der Waals surface area (Å²) in [5.41, 5.74) is 6.69. The zero-order valence-electron chi connectivity index (χ0n) is 12.2. The fourth-order valence-electron chi connectivity index (χ4n) is 2.67. The molecule has 7 nitrogen and oxygen atoms in total. The smallest absolute Gasteiger partial charge is 0.224 e. The van der Waals surface area contributed by atoms with Gasteiger partial charge in [0.25, 0.3) is 0 Å². The van der Waals surface area contributed by atoms with Gasteiger partial charge in [-0.05, 0) is 20.8 Å². The van der Waals surface area contributed by atoms with E-state index in [2.05, 4.69) is 50.7 Å². The van der Waals surface area contributed by atoms with Gasteiger partial charge in [0.05, 0.1) is 11.6 Å². The first-order valence-electron chi connectivity index (χ1n) is 6.92. The summed E-state index contributed by atoms with van der Waals surface area (Å²) >= 11 is 0. The molecule has 2 aromatic heterocycles. The van der Waals surface area contributed by atoms with Crippen molar-refractivity contribution >= 4 is 22.8 Å². The van der Waals surface area contributed by atoms with Crippen LogP contribution in [0.5, 0.6) is 0 Å². The first kappa shape index (κ1) is 13.1. The van der Waals surface area contributed by atoms with Gasteiger partial charge in [0, 0.05) is 31.7 Å². The minimum Gasteiger partial charge on any atom is -0.368 e. The van der Waals surface area contributed by atoms with E-state index in [1.54, 1.807) is 6.20 Å². The van der Waals surface area contributed by atoms with Crippen LogP contribution >= 0.6 is 0 Å². The van der Waals surface area contributed by atoms with E-state index in [1.165, 1.54) is 0 Å². The Morgan fingerprint density at radius 3 is 2.50 bits per heavy atom. The van der Waals surface area contributed by atoms with E-state index in [0.717, 1.165) is 37.4 Å². The van der Waals surface area contributed by atoms with E-state index < -0.39 is 0 Å². The molecule has 108 valence electrons.